The number of aryl methyl sites for hydroxylation is 1. The summed E-state index contributed by atoms with van der Waals surface area (Å²) in [6.45, 7) is 5.68. The van der Waals surface area contributed by atoms with E-state index in [9.17, 15) is 13.2 Å². The van der Waals surface area contributed by atoms with E-state index in [2.05, 4.69) is 28.1 Å². The highest BCUT2D eigenvalue weighted by molar-refractivity contribution is 7.89. The number of amides is 1. The number of nitrogens with zero attached hydrogens (tertiary/aromatic N) is 2. The highest BCUT2D eigenvalue weighted by Gasteiger charge is 2.40. The highest BCUT2D eigenvalue weighted by Crippen LogP contribution is 2.37. The van der Waals surface area contributed by atoms with Gasteiger partial charge in [0.1, 0.15) is 5.82 Å². The fourth-order valence-corrected chi connectivity index (χ4v) is 6.78. The maximum Gasteiger partial charge on any atom is 0.265 e. The first-order valence-corrected chi connectivity index (χ1v) is 14.4. The molecule has 0 aromatic heterocycles. The minimum atomic E-state index is -3.73. The van der Waals surface area contributed by atoms with E-state index in [1.165, 1.54) is 10.5 Å². The van der Waals surface area contributed by atoms with Crippen LogP contribution in [0.1, 0.15) is 44.6 Å². The topological polar surface area (TPSA) is 121 Å². The number of nitrogens with one attached hydrogen (secondary N) is 3. The van der Waals surface area contributed by atoms with Crippen LogP contribution in [0.25, 0.3) is 0 Å². The predicted molar refractivity (Wildman–Crippen MR) is 138 cm³/mol. The average Bonchev–Trinajstić information content (AvgIpc) is 3.52. The Morgan fingerprint density at radius 1 is 1.19 bits per heavy atom. The summed E-state index contributed by atoms with van der Waals surface area (Å²) in [7, 11) is -3.73. The van der Waals surface area contributed by atoms with Gasteiger partial charge >= 0.3 is 0 Å². The zero-order valence-corrected chi connectivity index (χ0v) is 22.1. The molecule has 3 heterocycles. The molecule has 37 heavy (non-hydrogen) atoms. The number of rotatable bonds is 8. The van der Waals surface area contributed by atoms with Crippen molar-refractivity contribution in [2.45, 2.75) is 63.1 Å². The summed E-state index contributed by atoms with van der Waals surface area (Å²) in [6.07, 6.45) is 7.89. The lowest BCUT2D eigenvalue weighted by molar-refractivity contribution is -0.127. The van der Waals surface area contributed by atoms with Crippen LogP contribution < -0.4 is 16.2 Å². The molecule has 1 aromatic rings. The molecule has 10 nitrogen and oxygen atoms in total. The predicted octanol–water partition coefficient (Wildman–Crippen LogP) is 2.31. The van der Waals surface area contributed by atoms with Crippen molar-refractivity contribution in [1.82, 2.24) is 20.5 Å². The summed E-state index contributed by atoms with van der Waals surface area (Å²) >= 11 is 0. The lowest BCUT2D eigenvalue weighted by Gasteiger charge is -2.26. The van der Waals surface area contributed by atoms with Gasteiger partial charge in [0, 0.05) is 19.1 Å². The molecule has 1 saturated heterocycles. The first-order valence-electron chi connectivity index (χ1n) is 13.0. The number of fused-ring (bicyclic) bond motifs is 1. The molecule has 5 rings (SSSR count). The van der Waals surface area contributed by atoms with Crippen molar-refractivity contribution in [1.29, 1.82) is 0 Å². The summed E-state index contributed by atoms with van der Waals surface area (Å²) < 4.78 is 39.3. The number of aliphatic imine (C=N–C) groups is 1. The number of hydrogen-bond donors (Lipinski definition) is 3. The summed E-state index contributed by atoms with van der Waals surface area (Å²) in [4.78, 5) is 17.6. The van der Waals surface area contributed by atoms with Crippen molar-refractivity contribution in [3.8, 4) is 0 Å². The SMILES string of the molecule is CCC1CC(OC2CCOCC2)CC1C(=O)NNC1=CN=C2C(=CCN2S(=O)(=O)c2ccc(C)cc2)N1. The largest absolute Gasteiger partial charge is 0.381 e. The molecular weight excluding hydrogens is 494 g/mol. The van der Waals surface area contributed by atoms with Crippen molar-refractivity contribution < 1.29 is 22.7 Å². The number of carbonyl (C=O) groups is 1. The fourth-order valence-electron chi connectivity index (χ4n) is 5.41. The number of hydrogen-bond acceptors (Lipinski definition) is 8. The molecule has 4 aliphatic rings. The quantitative estimate of drug-likeness (QED) is 0.442. The maximum absolute atomic E-state index is 13.1. The standard InChI is InChI=1S/C26H35N5O5S/c1-3-18-14-20(36-19-9-12-35-13-10-19)15-22(18)26(32)30-29-24-16-27-25-23(28-24)8-11-31(25)37(33,34)21-6-4-17(2)5-7-21/h4-8,16,18-20,22,28-29H,3,9-15H2,1-2H3,(H,30,32). The van der Waals surface area contributed by atoms with Crippen molar-refractivity contribution in [3.63, 3.8) is 0 Å². The zero-order valence-electron chi connectivity index (χ0n) is 21.3. The van der Waals surface area contributed by atoms with Gasteiger partial charge in [0.05, 0.1) is 35.5 Å². The van der Waals surface area contributed by atoms with Gasteiger partial charge in [-0.1, -0.05) is 31.0 Å². The number of sulfonamides is 1. The molecule has 0 bridgehead atoms. The Kier molecular flexibility index (Phi) is 7.55. The first kappa shape index (κ1) is 25.7. The van der Waals surface area contributed by atoms with E-state index >= 15 is 0 Å². The molecule has 0 radical (unpaired) electrons. The van der Waals surface area contributed by atoms with Gasteiger partial charge in [0.15, 0.2) is 5.84 Å². The van der Waals surface area contributed by atoms with Crippen LogP contribution >= 0.6 is 0 Å². The van der Waals surface area contributed by atoms with Crippen molar-refractivity contribution in [3.05, 3.63) is 53.6 Å². The van der Waals surface area contributed by atoms with Crippen LogP contribution in [0.4, 0.5) is 0 Å². The van der Waals surface area contributed by atoms with E-state index < -0.39 is 10.0 Å². The Bertz CT molecular complexity index is 1200. The van der Waals surface area contributed by atoms with Crippen LogP contribution in [0.5, 0.6) is 0 Å². The summed E-state index contributed by atoms with van der Waals surface area (Å²) in [5.41, 5.74) is 7.30. The normalized spacial score (nSPS) is 26.1. The Morgan fingerprint density at radius 3 is 2.68 bits per heavy atom. The van der Waals surface area contributed by atoms with E-state index in [1.54, 1.807) is 30.3 Å². The third kappa shape index (κ3) is 5.53. The Balaban J connectivity index is 1.18. The first-order chi connectivity index (χ1) is 17.8. The van der Waals surface area contributed by atoms with Crippen LogP contribution in [-0.4, -0.2) is 56.4 Å². The van der Waals surface area contributed by atoms with Gasteiger partial charge in [-0.3, -0.25) is 15.6 Å². The molecule has 1 aromatic carbocycles. The van der Waals surface area contributed by atoms with Crippen molar-refractivity contribution >= 4 is 21.8 Å². The Hall–Kier alpha value is -2.89. The third-order valence-electron chi connectivity index (χ3n) is 7.52. The van der Waals surface area contributed by atoms with Crippen LogP contribution in [-0.2, 0) is 24.3 Å². The van der Waals surface area contributed by atoms with E-state index in [0.717, 1.165) is 44.5 Å². The second-order valence-corrected chi connectivity index (χ2v) is 11.9. The van der Waals surface area contributed by atoms with Gasteiger partial charge < -0.3 is 14.8 Å². The maximum atomic E-state index is 13.1. The number of amidine groups is 1. The number of ether oxygens (including phenoxy) is 2. The lowest BCUT2D eigenvalue weighted by atomic mass is 9.93. The second kappa shape index (κ2) is 10.8. The molecule has 200 valence electrons. The summed E-state index contributed by atoms with van der Waals surface area (Å²) in [5, 5.41) is 3.14. The van der Waals surface area contributed by atoms with Gasteiger partial charge in [-0.05, 0) is 56.7 Å². The van der Waals surface area contributed by atoms with E-state index in [1.807, 2.05) is 6.92 Å². The minimum Gasteiger partial charge on any atom is -0.381 e. The van der Waals surface area contributed by atoms with Crippen molar-refractivity contribution in [2.75, 3.05) is 19.8 Å². The van der Waals surface area contributed by atoms with E-state index in [0.29, 0.717) is 23.8 Å². The van der Waals surface area contributed by atoms with Crippen LogP contribution in [0.3, 0.4) is 0 Å². The smallest absolute Gasteiger partial charge is 0.265 e. The minimum absolute atomic E-state index is 0.0774. The molecule has 1 amide bonds. The van der Waals surface area contributed by atoms with Crippen molar-refractivity contribution in [2.24, 2.45) is 16.8 Å². The molecule has 3 aliphatic heterocycles. The van der Waals surface area contributed by atoms with E-state index in [-0.39, 0.29) is 41.4 Å². The van der Waals surface area contributed by atoms with Gasteiger partial charge in [-0.15, -0.1) is 0 Å². The van der Waals surface area contributed by atoms with Crippen LogP contribution in [0.15, 0.2) is 57.9 Å². The summed E-state index contributed by atoms with van der Waals surface area (Å²) in [6, 6.07) is 6.75. The Morgan fingerprint density at radius 2 is 1.95 bits per heavy atom. The molecule has 1 saturated carbocycles. The van der Waals surface area contributed by atoms with Crippen LogP contribution in [0, 0.1) is 18.8 Å². The zero-order chi connectivity index (χ0) is 26.0. The molecule has 3 atom stereocenters. The monoisotopic (exact) mass is 529 g/mol. The molecule has 3 unspecified atom stereocenters. The number of hydrazine groups is 1. The number of benzene rings is 1. The summed E-state index contributed by atoms with van der Waals surface area (Å²) in [5.74, 6) is 0.854. The molecular formula is C26H35N5O5S. The van der Waals surface area contributed by atoms with Crippen LogP contribution in [0.2, 0.25) is 0 Å². The number of carbonyl (C=O) groups excluding carboxylic acids is 1. The average molecular weight is 530 g/mol. The third-order valence-corrected chi connectivity index (χ3v) is 9.29. The van der Waals surface area contributed by atoms with Gasteiger partial charge in [-0.25, -0.2) is 17.7 Å². The Labute approximate surface area is 218 Å². The van der Waals surface area contributed by atoms with Gasteiger partial charge in [0.25, 0.3) is 10.0 Å². The van der Waals surface area contributed by atoms with E-state index in [4.69, 9.17) is 9.47 Å². The molecule has 1 aliphatic carbocycles. The van der Waals surface area contributed by atoms with Gasteiger partial charge in [-0.2, -0.15) is 0 Å². The molecule has 0 spiro atoms. The van der Waals surface area contributed by atoms with Gasteiger partial charge in [0.2, 0.25) is 5.91 Å². The second-order valence-electron chi connectivity index (χ2n) is 10.0. The highest BCUT2D eigenvalue weighted by atomic mass is 32.2. The molecule has 11 heteroatoms. The fraction of sp³-hybridized carbons (Fsp3) is 0.538. The molecule has 3 N–H and O–H groups in total. The lowest BCUT2D eigenvalue weighted by Crippen LogP contribution is -2.46. The molecule has 2 fully saturated rings.